The molecule has 27 heavy (non-hydrogen) atoms. The summed E-state index contributed by atoms with van der Waals surface area (Å²) in [5.41, 5.74) is 10.9. The average Bonchev–Trinajstić information content (AvgIpc) is 3.14. The number of thiazole rings is 1. The van der Waals surface area contributed by atoms with Gasteiger partial charge in [-0.05, 0) is 43.2 Å². The fourth-order valence-electron chi connectivity index (χ4n) is 2.55. The number of nitrogens with zero attached hydrogens (tertiary/aromatic N) is 2. The van der Waals surface area contributed by atoms with Crippen LogP contribution < -0.4 is 11.1 Å². The number of nitrogens with one attached hydrogen (secondary N) is 1. The van der Waals surface area contributed by atoms with Crippen molar-refractivity contribution in [2.45, 2.75) is 13.8 Å². The number of anilines is 1. The highest BCUT2D eigenvalue weighted by atomic mass is 32.1. The predicted molar refractivity (Wildman–Crippen MR) is 109 cm³/mol. The molecule has 0 aliphatic carbocycles. The molecule has 1 amide bonds. The number of hydrogen-bond acceptors (Lipinski definition) is 5. The maximum Gasteiger partial charge on any atom is 0.250 e. The molecule has 0 aliphatic rings. The third kappa shape index (κ3) is 4.05. The quantitative estimate of drug-likeness (QED) is 0.643. The molecule has 0 fully saturated rings. The standard InChI is InChI=1S/C21H18N4OS/c1-13-7-8-15(9-14(13)2)19-12-27-21(25-19)16(10-22)11-24-18-6-4-3-5-17(18)20(23)26/h3-9,11-12,24H,1-2H3,(H2,23,26)/b16-11+. The normalized spacial score (nSPS) is 11.1. The van der Waals surface area contributed by atoms with Crippen molar-refractivity contribution in [1.82, 2.24) is 4.98 Å². The molecule has 3 rings (SSSR count). The van der Waals surface area contributed by atoms with Gasteiger partial charge < -0.3 is 11.1 Å². The van der Waals surface area contributed by atoms with Crippen LogP contribution in [0.5, 0.6) is 0 Å². The van der Waals surface area contributed by atoms with Crippen molar-refractivity contribution in [2.75, 3.05) is 5.32 Å². The number of para-hydroxylation sites is 1. The second-order valence-corrected chi connectivity index (χ2v) is 6.92. The molecule has 1 aromatic heterocycles. The van der Waals surface area contributed by atoms with Gasteiger partial charge in [-0.15, -0.1) is 11.3 Å². The average molecular weight is 374 g/mol. The summed E-state index contributed by atoms with van der Waals surface area (Å²) in [6.07, 6.45) is 1.55. The van der Waals surface area contributed by atoms with Crippen LogP contribution in [0.15, 0.2) is 54.0 Å². The van der Waals surface area contributed by atoms with Gasteiger partial charge in [-0.1, -0.05) is 24.3 Å². The molecule has 3 aromatic rings. The van der Waals surface area contributed by atoms with Crippen molar-refractivity contribution in [3.05, 3.63) is 75.7 Å². The Bertz CT molecular complexity index is 1080. The van der Waals surface area contributed by atoms with Crippen molar-refractivity contribution < 1.29 is 4.79 Å². The SMILES string of the molecule is Cc1ccc(-c2csc(/C(C#N)=C/Nc3ccccc3C(N)=O)n2)cc1C. The molecule has 2 aromatic carbocycles. The number of aromatic nitrogens is 1. The molecule has 134 valence electrons. The Morgan fingerprint density at radius 2 is 2.00 bits per heavy atom. The molecule has 0 saturated carbocycles. The lowest BCUT2D eigenvalue weighted by Gasteiger charge is -2.06. The smallest absolute Gasteiger partial charge is 0.250 e. The molecule has 5 nitrogen and oxygen atoms in total. The van der Waals surface area contributed by atoms with E-state index in [0.717, 1.165) is 11.3 Å². The van der Waals surface area contributed by atoms with Gasteiger partial charge in [-0.3, -0.25) is 4.79 Å². The zero-order chi connectivity index (χ0) is 19.4. The van der Waals surface area contributed by atoms with Crippen LogP contribution in [0.2, 0.25) is 0 Å². The Morgan fingerprint density at radius 3 is 2.70 bits per heavy atom. The first-order valence-corrected chi connectivity index (χ1v) is 9.16. The molecular weight excluding hydrogens is 356 g/mol. The Hall–Kier alpha value is -3.43. The summed E-state index contributed by atoms with van der Waals surface area (Å²) in [7, 11) is 0. The van der Waals surface area contributed by atoms with E-state index in [2.05, 4.69) is 42.4 Å². The molecule has 1 heterocycles. The summed E-state index contributed by atoms with van der Waals surface area (Å²) in [6.45, 7) is 4.13. The van der Waals surface area contributed by atoms with Gasteiger partial charge in [0.05, 0.1) is 16.9 Å². The van der Waals surface area contributed by atoms with Crippen LogP contribution in [0, 0.1) is 25.2 Å². The van der Waals surface area contributed by atoms with E-state index in [1.54, 1.807) is 30.5 Å². The maximum atomic E-state index is 11.5. The Morgan fingerprint density at radius 1 is 1.22 bits per heavy atom. The molecule has 0 bridgehead atoms. The van der Waals surface area contributed by atoms with Gasteiger partial charge in [-0.25, -0.2) is 4.98 Å². The molecule has 0 atom stereocenters. The highest BCUT2D eigenvalue weighted by Gasteiger charge is 2.11. The van der Waals surface area contributed by atoms with E-state index in [1.165, 1.54) is 22.5 Å². The van der Waals surface area contributed by atoms with Gasteiger partial charge in [-0.2, -0.15) is 5.26 Å². The van der Waals surface area contributed by atoms with E-state index in [9.17, 15) is 10.1 Å². The number of benzene rings is 2. The third-order valence-electron chi connectivity index (χ3n) is 4.22. The molecule has 6 heteroatoms. The van der Waals surface area contributed by atoms with Crippen molar-refractivity contribution >= 4 is 28.5 Å². The summed E-state index contributed by atoms with van der Waals surface area (Å²) in [5, 5.41) is 15.0. The van der Waals surface area contributed by atoms with Gasteiger partial charge in [0.1, 0.15) is 16.6 Å². The van der Waals surface area contributed by atoms with Crippen LogP contribution in [-0.4, -0.2) is 10.9 Å². The largest absolute Gasteiger partial charge is 0.366 e. The van der Waals surface area contributed by atoms with E-state index >= 15 is 0 Å². The van der Waals surface area contributed by atoms with Gasteiger partial charge in [0, 0.05) is 17.1 Å². The molecule has 3 N–H and O–H groups in total. The Balaban J connectivity index is 1.88. The van der Waals surface area contributed by atoms with E-state index in [4.69, 9.17) is 5.73 Å². The lowest BCUT2D eigenvalue weighted by atomic mass is 10.1. The number of nitriles is 1. The number of nitrogens with two attached hydrogens (primary N) is 1. The molecule has 0 aliphatic heterocycles. The van der Waals surface area contributed by atoms with Crippen LogP contribution in [0.1, 0.15) is 26.5 Å². The number of hydrogen-bond donors (Lipinski definition) is 2. The topological polar surface area (TPSA) is 91.8 Å². The minimum atomic E-state index is -0.531. The monoisotopic (exact) mass is 374 g/mol. The van der Waals surface area contributed by atoms with Crippen molar-refractivity contribution in [1.29, 1.82) is 5.26 Å². The van der Waals surface area contributed by atoms with E-state index in [0.29, 0.717) is 21.8 Å². The summed E-state index contributed by atoms with van der Waals surface area (Å²) in [6, 6.07) is 15.2. The van der Waals surface area contributed by atoms with Crippen molar-refractivity contribution in [3.63, 3.8) is 0 Å². The number of carbonyl (C=O) groups is 1. The zero-order valence-corrected chi connectivity index (χ0v) is 15.8. The summed E-state index contributed by atoms with van der Waals surface area (Å²) < 4.78 is 0. The molecule has 0 spiro atoms. The summed E-state index contributed by atoms with van der Waals surface area (Å²) in [4.78, 5) is 16.1. The molecular formula is C21H18N4OS. The first-order chi connectivity index (χ1) is 13.0. The minimum Gasteiger partial charge on any atom is -0.366 e. The number of rotatable bonds is 5. The van der Waals surface area contributed by atoms with Gasteiger partial charge in [0.25, 0.3) is 5.91 Å². The Kier molecular flexibility index (Phi) is 5.34. The lowest BCUT2D eigenvalue weighted by molar-refractivity contribution is 0.100. The van der Waals surface area contributed by atoms with Crippen LogP contribution in [0.25, 0.3) is 16.8 Å². The number of allylic oxidation sites excluding steroid dienone is 1. The van der Waals surface area contributed by atoms with Gasteiger partial charge >= 0.3 is 0 Å². The second kappa shape index (κ2) is 7.85. The second-order valence-electron chi connectivity index (χ2n) is 6.06. The maximum absolute atomic E-state index is 11.5. The van der Waals surface area contributed by atoms with Crippen molar-refractivity contribution in [2.24, 2.45) is 5.73 Å². The van der Waals surface area contributed by atoms with Gasteiger partial charge in [0.2, 0.25) is 0 Å². The third-order valence-corrected chi connectivity index (χ3v) is 5.10. The van der Waals surface area contributed by atoms with Crippen LogP contribution >= 0.6 is 11.3 Å². The summed E-state index contributed by atoms with van der Waals surface area (Å²) >= 11 is 1.40. The number of primary amides is 1. The summed E-state index contributed by atoms with van der Waals surface area (Å²) in [5.74, 6) is -0.531. The molecule has 0 radical (unpaired) electrons. The highest BCUT2D eigenvalue weighted by Crippen LogP contribution is 2.27. The number of carbonyl (C=O) groups excluding carboxylic acids is 1. The van der Waals surface area contributed by atoms with Crippen LogP contribution in [0.3, 0.4) is 0 Å². The van der Waals surface area contributed by atoms with E-state index in [1.807, 2.05) is 11.4 Å². The molecule has 0 unspecified atom stereocenters. The van der Waals surface area contributed by atoms with Crippen LogP contribution in [-0.2, 0) is 0 Å². The zero-order valence-electron chi connectivity index (χ0n) is 15.0. The van der Waals surface area contributed by atoms with Crippen LogP contribution in [0.4, 0.5) is 5.69 Å². The fraction of sp³-hybridized carbons (Fsp3) is 0.0952. The highest BCUT2D eigenvalue weighted by molar-refractivity contribution is 7.11. The Labute approximate surface area is 161 Å². The lowest BCUT2D eigenvalue weighted by Crippen LogP contribution is -2.13. The van der Waals surface area contributed by atoms with E-state index < -0.39 is 5.91 Å². The van der Waals surface area contributed by atoms with Crippen molar-refractivity contribution in [3.8, 4) is 17.3 Å². The van der Waals surface area contributed by atoms with Gasteiger partial charge in [0.15, 0.2) is 0 Å². The predicted octanol–water partition coefficient (Wildman–Crippen LogP) is 4.50. The fourth-order valence-corrected chi connectivity index (χ4v) is 3.34. The van der Waals surface area contributed by atoms with E-state index in [-0.39, 0.29) is 0 Å². The minimum absolute atomic E-state index is 0.362. The number of aryl methyl sites for hydroxylation is 2. The first kappa shape index (κ1) is 18.4. The number of amides is 1. The first-order valence-electron chi connectivity index (χ1n) is 8.28. The molecule has 0 saturated heterocycles.